The van der Waals surface area contributed by atoms with E-state index in [-0.39, 0.29) is 17.6 Å². The van der Waals surface area contributed by atoms with Gasteiger partial charge in [-0.15, -0.1) is 0 Å². The van der Waals surface area contributed by atoms with E-state index in [0.29, 0.717) is 17.7 Å². The molecule has 0 unspecified atom stereocenters. The first-order chi connectivity index (χ1) is 10.1. The van der Waals surface area contributed by atoms with E-state index in [4.69, 9.17) is 4.42 Å². The van der Waals surface area contributed by atoms with E-state index in [2.05, 4.69) is 10.3 Å². The monoisotopic (exact) mass is 290 g/mol. The van der Waals surface area contributed by atoms with E-state index in [1.807, 2.05) is 0 Å². The van der Waals surface area contributed by atoms with E-state index in [1.54, 1.807) is 0 Å². The highest BCUT2D eigenvalue weighted by Gasteiger charge is 2.28. The van der Waals surface area contributed by atoms with Crippen LogP contribution in [0.1, 0.15) is 29.8 Å². The maximum atomic E-state index is 12.9. The predicted octanol–water partition coefficient (Wildman–Crippen LogP) is 2.12. The molecule has 21 heavy (non-hydrogen) atoms. The van der Waals surface area contributed by atoms with E-state index >= 15 is 0 Å². The predicted molar refractivity (Wildman–Crippen MR) is 73.0 cm³/mol. The van der Waals surface area contributed by atoms with Crippen LogP contribution in [0.3, 0.4) is 0 Å². The number of nitrogens with one attached hydrogen (secondary N) is 1. The molecule has 0 saturated heterocycles. The van der Waals surface area contributed by atoms with Crippen LogP contribution in [0, 0.1) is 5.82 Å². The average Bonchev–Trinajstić information content (AvgIpc) is 3.09. The van der Waals surface area contributed by atoms with Crippen LogP contribution in [0.4, 0.5) is 4.39 Å². The molecule has 0 radical (unpaired) electrons. The average molecular weight is 290 g/mol. The van der Waals surface area contributed by atoms with Crippen LogP contribution in [0.5, 0.6) is 0 Å². The Kier molecular flexibility index (Phi) is 3.70. The largest absolute Gasteiger partial charge is 0.443 e. The maximum absolute atomic E-state index is 12.9. The molecular formula is C15H15FN2O3. The van der Waals surface area contributed by atoms with Crippen LogP contribution in [0.2, 0.25) is 0 Å². The van der Waals surface area contributed by atoms with Gasteiger partial charge in [-0.2, -0.15) is 0 Å². The smallest absolute Gasteiger partial charge is 0.274 e. The Morgan fingerprint density at radius 2 is 2.10 bits per heavy atom. The first-order valence-corrected chi connectivity index (χ1v) is 6.83. The van der Waals surface area contributed by atoms with E-state index in [1.165, 1.54) is 30.7 Å². The number of rotatable bonds is 3. The highest BCUT2D eigenvalue weighted by Crippen LogP contribution is 2.24. The van der Waals surface area contributed by atoms with Crippen molar-refractivity contribution >= 4 is 5.91 Å². The fourth-order valence-corrected chi connectivity index (χ4v) is 2.56. The Hall–Kier alpha value is -2.21. The van der Waals surface area contributed by atoms with Gasteiger partial charge in [-0.1, -0.05) is 0 Å². The molecule has 6 heteroatoms. The number of oxazole rings is 1. The topological polar surface area (TPSA) is 75.4 Å². The number of aliphatic hydroxyl groups is 1. The second-order valence-corrected chi connectivity index (χ2v) is 5.12. The first-order valence-electron chi connectivity index (χ1n) is 6.83. The minimum absolute atomic E-state index is 0.140. The van der Waals surface area contributed by atoms with Gasteiger partial charge < -0.3 is 14.8 Å². The summed E-state index contributed by atoms with van der Waals surface area (Å²) in [6.07, 6.45) is 2.98. The lowest BCUT2D eigenvalue weighted by Crippen LogP contribution is -2.40. The van der Waals surface area contributed by atoms with Crippen LogP contribution in [-0.2, 0) is 0 Å². The van der Waals surface area contributed by atoms with E-state index < -0.39 is 12.0 Å². The summed E-state index contributed by atoms with van der Waals surface area (Å²) in [7, 11) is 0. The Bertz CT molecular complexity index is 639. The van der Waals surface area contributed by atoms with Crippen LogP contribution in [0.25, 0.3) is 11.3 Å². The fourth-order valence-electron chi connectivity index (χ4n) is 2.56. The number of aromatic nitrogens is 1. The van der Waals surface area contributed by atoms with Gasteiger partial charge in [-0.25, -0.2) is 9.37 Å². The number of hydrogen-bond acceptors (Lipinski definition) is 4. The van der Waals surface area contributed by atoms with Gasteiger partial charge in [0.15, 0.2) is 17.8 Å². The summed E-state index contributed by atoms with van der Waals surface area (Å²) < 4.78 is 18.2. The van der Waals surface area contributed by atoms with Gasteiger partial charge in [0.05, 0.1) is 12.1 Å². The number of carbonyl (C=O) groups is 1. The van der Waals surface area contributed by atoms with Gasteiger partial charge in [0.2, 0.25) is 0 Å². The Balaban J connectivity index is 1.81. The van der Waals surface area contributed by atoms with Crippen molar-refractivity contribution in [2.45, 2.75) is 31.4 Å². The van der Waals surface area contributed by atoms with Crippen LogP contribution < -0.4 is 5.32 Å². The van der Waals surface area contributed by atoms with Gasteiger partial charge >= 0.3 is 0 Å². The van der Waals surface area contributed by atoms with Crippen molar-refractivity contribution < 1.29 is 18.7 Å². The van der Waals surface area contributed by atoms with Crippen molar-refractivity contribution in [2.24, 2.45) is 0 Å². The molecule has 1 heterocycles. The van der Waals surface area contributed by atoms with Crippen molar-refractivity contribution in [1.29, 1.82) is 0 Å². The van der Waals surface area contributed by atoms with Crippen molar-refractivity contribution in [3.8, 4) is 11.3 Å². The van der Waals surface area contributed by atoms with Crippen molar-refractivity contribution in [3.05, 3.63) is 42.2 Å². The molecule has 1 aliphatic rings. The molecule has 5 nitrogen and oxygen atoms in total. The molecule has 2 N–H and O–H groups in total. The lowest BCUT2D eigenvalue weighted by molar-refractivity contribution is 0.0869. The highest BCUT2D eigenvalue weighted by molar-refractivity contribution is 5.97. The molecule has 0 aliphatic heterocycles. The summed E-state index contributed by atoms with van der Waals surface area (Å²) in [5, 5.41) is 12.5. The molecule has 2 atom stereocenters. The standard InChI is InChI=1S/C15H15FN2O3/c16-10-6-4-9(5-7-10)14-13(17-8-21-14)15(20)18-11-2-1-3-12(11)19/h4-8,11-12,19H,1-3H2,(H,18,20)/t11-,12+/m0/s1. The number of carbonyl (C=O) groups excluding carboxylic acids is 1. The normalized spacial score (nSPS) is 21.4. The minimum atomic E-state index is -0.518. The molecule has 2 aromatic rings. The summed E-state index contributed by atoms with van der Waals surface area (Å²) in [4.78, 5) is 16.2. The zero-order valence-electron chi connectivity index (χ0n) is 11.3. The molecule has 1 amide bonds. The number of amides is 1. The lowest BCUT2D eigenvalue weighted by Gasteiger charge is -2.15. The first kappa shape index (κ1) is 13.8. The highest BCUT2D eigenvalue weighted by atomic mass is 19.1. The van der Waals surface area contributed by atoms with Gasteiger partial charge in [-0.3, -0.25) is 4.79 Å². The lowest BCUT2D eigenvalue weighted by atomic mass is 10.1. The summed E-state index contributed by atoms with van der Waals surface area (Å²) in [5.74, 6) is -0.465. The molecule has 1 aromatic heterocycles. The molecule has 110 valence electrons. The quantitative estimate of drug-likeness (QED) is 0.908. The van der Waals surface area contributed by atoms with Crippen molar-refractivity contribution in [3.63, 3.8) is 0 Å². The zero-order chi connectivity index (χ0) is 14.8. The third kappa shape index (κ3) is 2.80. The van der Waals surface area contributed by atoms with Crippen molar-refractivity contribution in [1.82, 2.24) is 10.3 Å². The van der Waals surface area contributed by atoms with Gasteiger partial charge in [0.25, 0.3) is 5.91 Å². The maximum Gasteiger partial charge on any atom is 0.274 e. The Labute approximate surface area is 120 Å². The van der Waals surface area contributed by atoms with Crippen LogP contribution in [-0.4, -0.2) is 28.1 Å². The second-order valence-electron chi connectivity index (χ2n) is 5.12. The van der Waals surface area contributed by atoms with Crippen molar-refractivity contribution in [2.75, 3.05) is 0 Å². The summed E-state index contributed by atoms with van der Waals surface area (Å²) in [6, 6.07) is 5.38. The van der Waals surface area contributed by atoms with Gasteiger partial charge in [-0.05, 0) is 43.5 Å². The Morgan fingerprint density at radius 3 is 2.76 bits per heavy atom. The Morgan fingerprint density at radius 1 is 1.33 bits per heavy atom. The van der Waals surface area contributed by atoms with E-state index in [0.717, 1.165) is 12.8 Å². The third-order valence-electron chi connectivity index (χ3n) is 3.68. The number of nitrogens with zero attached hydrogens (tertiary/aromatic N) is 1. The summed E-state index contributed by atoms with van der Waals surface area (Å²) in [6.45, 7) is 0. The fraction of sp³-hybridized carbons (Fsp3) is 0.333. The number of aliphatic hydroxyl groups excluding tert-OH is 1. The summed E-state index contributed by atoms with van der Waals surface area (Å²) in [5.41, 5.74) is 0.715. The number of halogens is 1. The number of benzene rings is 1. The molecular weight excluding hydrogens is 275 g/mol. The van der Waals surface area contributed by atoms with Crippen LogP contribution >= 0.6 is 0 Å². The molecule has 0 spiro atoms. The van der Waals surface area contributed by atoms with Gasteiger partial charge in [0, 0.05) is 5.56 Å². The zero-order valence-corrected chi connectivity index (χ0v) is 11.3. The molecule has 1 aromatic carbocycles. The van der Waals surface area contributed by atoms with E-state index in [9.17, 15) is 14.3 Å². The SMILES string of the molecule is O=C(N[C@H]1CCC[C@H]1O)c1ncoc1-c1ccc(F)cc1. The molecule has 1 aliphatic carbocycles. The van der Waals surface area contributed by atoms with Crippen LogP contribution in [0.15, 0.2) is 35.1 Å². The third-order valence-corrected chi connectivity index (χ3v) is 3.68. The minimum Gasteiger partial charge on any atom is -0.443 e. The van der Waals surface area contributed by atoms with Gasteiger partial charge in [0.1, 0.15) is 5.82 Å². The molecule has 1 saturated carbocycles. The molecule has 1 fully saturated rings. The summed E-state index contributed by atoms with van der Waals surface area (Å²) >= 11 is 0. The molecule has 3 rings (SSSR count). The number of hydrogen-bond donors (Lipinski definition) is 2. The second kappa shape index (κ2) is 5.65. The molecule has 0 bridgehead atoms.